The minimum atomic E-state index is -1.35. The van der Waals surface area contributed by atoms with Crippen molar-refractivity contribution in [1.29, 1.82) is 0 Å². The minimum Gasteiger partial charge on any atom is -0.391 e. The second kappa shape index (κ2) is 17.2. The molecule has 31 heavy (non-hydrogen) atoms. The summed E-state index contributed by atoms with van der Waals surface area (Å²) in [5.74, 6) is 0. The fraction of sp³-hybridized carbons (Fsp3) is 1.00. The summed E-state index contributed by atoms with van der Waals surface area (Å²) < 4.78 is 10.8. The van der Waals surface area contributed by atoms with Crippen molar-refractivity contribution in [1.82, 2.24) is 0 Å². The number of ether oxygens (including phenoxy) is 2. The number of hydrogen-bond acceptors (Lipinski definition) is 7. The summed E-state index contributed by atoms with van der Waals surface area (Å²) in [5.41, 5.74) is 6.00. The molecule has 0 aromatic heterocycles. The van der Waals surface area contributed by atoms with Crippen LogP contribution in [0.1, 0.15) is 104 Å². The number of aliphatic hydroxyl groups is 4. The molecule has 6 N–H and O–H groups in total. The molecule has 1 aliphatic heterocycles. The van der Waals surface area contributed by atoms with E-state index in [1.54, 1.807) is 6.92 Å². The Morgan fingerprint density at radius 2 is 1.26 bits per heavy atom. The Morgan fingerprint density at radius 3 is 1.77 bits per heavy atom. The second-order valence-corrected chi connectivity index (χ2v) is 9.28. The highest BCUT2D eigenvalue weighted by molar-refractivity contribution is 4.87. The molecule has 0 spiro atoms. The predicted octanol–water partition coefficient (Wildman–Crippen LogP) is 3.00. The van der Waals surface area contributed by atoms with Gasteiger partial charge in [-0.3, -0.25) is 0 Å². The maximum Gasteiger partial charge on any atom is 0.186 e. The van der Waals surface area contributed by atoms with Crippen molar-refractivity contribution >= 4 is 0 Å². The van der Waals surface area contributed by atoms with E-state index >= 15 is 0 Å². The first-order valence-electron chi connectivity index (χ1n) is 12.6. The molecule has 1 heterocycles. The number of rotatable bonds is 18. The average Bonchev–Trinajstić information content (AvgIpc) is 2.76. The van der Waals surface area contributed by atoms with Crippen molar-refractivity contribution < 1.29 is 29.9 Å². The Morgan fingerprint density at radius 1 is 0.774 bits per heavy atom. The summed E-state index contributed by atoms with van der Waals surface area (Å²) in [6, 6.07) is -0.590. The van der Waals surface area contributed by atoms with Gasteiger partial charge in [-0.1, -0.05) is 90.4 Å². The van der Waals surface area contributed by atoms with Gasteiger partial charge in [0, 0.05) is 0 Å². The number of hydrogen-bond donors (Lipinski definition) is 5. The van der Waals surface area contributed by atoms with Crippen LogP contribution in [0.3, 0.4) is 0 Å². The van der Waals surface area contributed by atoms with Crippen molar-refractivity contribution in [2.24, 2.45) is 5.73 Å². The molecular weight excluding hydrogens is 398 g/mol. The Labute approximate surface area is 189 Å². The zero-order chi connectivity index (χ0) is 23.1. The molecule has 1 fully saturated rings. The fourth-order valence-electron chi connectivity index (χ4n) is 4.05. The third-order valence-electron chi connectivity index (χ3n) is 6.36. The van der Waals surface area contributed by atoms with Gasteiger partial charge in [-0.05, 0) is 13.3 Å². The van der Waals surface area contributed by atoms with E-state index in [0.717, 1.165) is 12.8 Å². The van der Waals surface area contributed by atoms with Gasteiger partial charge in [-0.2, -0.15) is 0 Å². The topological polar surface area (TPSA) is 125 Å². The Hall–Kier alpha value is -0.280. The molecule has 3 unspecified atom stereocenters. The molecule has 0 aliphatic carbocycles. The van der Waals surface area contributed by atoms with Crippen molar-refractivity contribution in [2.75, 3.05) is 6.61 Å². The molecule has 1 aliphatic rings. The molecule has 1 saturated heterocycles. The smallest absolute Gasteiger partial charge is 0.186 e. The quantitative estimate of drug-likeness (QED) is 0.205. The van der Waals surface area contributed by atoms with Gasteiger partial charge in [0.2, 0.25) is 0 Å². The third-order valence-corrected chi connectivity index (χ3v) is 6.36. The van der Waals surface area contributed by atoms with Crippen LogP contribution in [0.15, 0.2) is 0 Å². The van der Waals surface area contributed by atoms with Crippen LogP contribution in [0, 0.1) is 0 Å². The van der Waals surface area contributed by atoms with E-state index in [-0.39, 0.29) is 6.61 Å². The van der Waals surface area contributed by atoms with E-state index in [1.165, 1.54) is 70.6 Å². The molecule has 1 rings (SSSR count). The molecule has 7 heteroatoms. The summed E-state index contributed by atoms with van der Waals surface area (Å²) in [7, 11) is 0. The monoisotopic (exact) mass is 447 g/mol. The molecule has 0 radical (unpaired) electrons. The lowest BCUT2D eigenvalue weighted by Gasteiger charge is -2.39. The molecule has 186 valence electrons. The van der Waals surface area contributed by atoms with Crippen LogP contribution in [0.5, 0.6) is 0 Å². The lowest BCUT2D eigenvalue weighted by molar-refractivity contribution is -0.294. The average molecular weight is 448 g/mol. The first-order valence-corrected chi connectivity index (χ1v) is 12.6. The second-order valence-electron chi connectivity index (χ2n) is 9.28. The van der Waals surface area contributed by atoms with Gasteiger partial charge in [0.05, 0.1) is 24.9 Å². The fourth-order valence-corrected chi connectivity index (χ4v) is 4.05. The first kappa shape index (κ1) is 28.8. The summed E-state index contributed by atoms with van der Waals surface area (Å²) in [6.45, 7) is 3.86. The number of aliphatic hydroxyl groups excluding tert-OH is 4. The van der Waals surface area contributed by atoms with Crippen LogP contribution >= 0.6 is 0 Å². The molecular formula is C24H49NO6. The molecule has 0 aromatic rings. The SMILES string of the molecule is CCCCCCCCCCCCCCC[C@@H](O)[C@@H](N)CO[C@@H]1OC(C)[C@H](O)C(O)C1O. The van der Waals surface area contributed by atoms with Crippen LogP contribution in [0.4, 0.5) is 0 Å². The predicted molar refractivity (Wildman–Crippen MR) is 123 cm³/mol. The Balaban J connectivity index is 1.99. The Bertz CT molecular complexity index is 427. The summed E-state index contributed by atoms with van der Waals surface area (Å²) in [5, 5.41) is 39.7. The van der Waals surface area contributed by atoms with Crippen molar-refractivity contribution in [2.45, 2.75) is 147 Å². The van der Waals surface area contributed by atoms with E-state index in [0.29, 0.717) is 6.42 Å². The number of unbranched alkanes of at least 4 members (excludes halogenated alkanes) is 12. The molecule has 7 atom stereocenters. The lowest BCUT2D eigenvalue weighted by atomic mass is 10.00. The standard InChI is InChI=1S/C24H49NO6/c1-3-4-5-6-7-8-9-10-11-12-13-14-15-16-20(26)19(25)17-30-24-23(29)22(28)21(27)18(2)31-24/h18-24,26-29H,3-17,25H2,1-2H3/t18?,19-,20+,21-,22?,23?,24+/m0/s1. The number of nitrogens with two attached hydrogens (primary N) is 1. The maximum absolute atomic E-state index is 10.2. The highest BCUT2D eigenvalue weighted by Crippen LogP contribution is 2.22. The maximum atomic E-state index is 10.2. The van der Waals surface area contributed by atoms with Crippen LogP contribution < -0.4 is 5.73 Å². The largest absolute Gasteiger partial charge is 0.391 e. The van der Waals surface area contributed by atoms with E-state index in [2.05, 4.69) is 6.92 Å². The summed E-state index contributed by atoms with van der Waals surface area (Å²) in [4.78, 5) is 0. The summed E-state index contributed by atoms with van der Waals surface area (Å²) in [6.07, 6.45) is 11.0. The van der Waals surface area contributed by atoms with E-state index in [9.17, 15) is 20.4 Å². The van der Waals surface area contributed by atoms with E-state index in [4.69, 9.17) is 15.2 Å². The molecule has 7 nitrogen and oxygen atoms in total. The molecule has 0 aromatic carbocycles. The third kappa shape index (κ3) is 11.9. The van der Waals surface area contributed by atoms with Gasteiger partial charge >= 0.3 is 0 Å². The van der Waals surface area contributed by atoms with Gasteiger partial charge in [0.25, 0.3) is 0 Å². The minimum absolute atomic E-state index is 0.0108. The highest BCUT2D eigenvalue weighted by atomic mass is 16.7. The van der Waals surface area contributed by atoms with Gasteiger partial charge < -0.3 is 35.6 Å². The van der Waals surface area contributed by atoms with Crippen LogP contribution in [-0.4, -0.2) is 69.9 Å². The highest BCUT2D eigenvalue weighted by Gasteiger charge is 2.42. The van der Waals surface area contributed by atoms with Crippen molar-refractivity contribution in [3.05, 3.63) is 0 Å². The summed E-state index contributed by atoms with van der Waals surface area (Å²) >= 11 is 0. The molecule has 0 amide bonds. The van der Waals surface area contributed by atoms with Crippen molar-refractivity contribution in [3.63, 3.8) is 0 Å². The van der Waals surface area contributed by atoms with Gasteiger partial charge in [-0.25, -0.2) is 0 Å². The van der Waals surface area contributed by atoms with E-state index < -0.39 is 42.9 Å². The van der Waals surface area contributed by atoms with Gasteiger partial charge in [0.1, 0.15) is 18.3 Å². The Kier molecular flexibility index (Phi) is 16.0. The van der Waals surface area contributed by atoms with Gasteiger partial charge in [0.15, 0.2) is 6.29 Å². The van der Waals surface area contributed by atoms with Crippen LogP contribution in [0.2, 0.25) is 0 Å². The normalized spacial score (nSPS) is 28.5. The van der Waals surface area contributed by atoms with Crippen LogP contribution in [-0.2, 0) is 9.47 Å². The first-order chi connectivity index (χ1) is 14.9. The lowest BCUT2D eigenvalue weighted by Crippen LogP contribution is -2.58. The molecule has 0 saturated carbocycles. The zero-order valence-corrected chi connectivity index (χ0v) is 19.8. The van der Waals surface area contributed by atoms with Gasteiger partial charge in [-0.15, -0.1) is 0 Å². The zero-order valence-electron chi connectivity index (χ0n) is 19.8. The molecule has 0 bridgehead atoms. The van der Waals surface area contributed by atoms with E-state index in [1.807, 2.05) is 0 Å². The van der Waals surface area contributed by atoms with Crippen molar-refractivity contribution in [3.8, 4) is 0 Å². The van der Waals surface area contributed by atoms with Crippen LogP contribution in [0.25, 0.3) is 0 Å².